The Morgan fingerprint density at radius 3 is 2.73 bits per heavy atom. The van der Waals surface area contributed by atoms with Crippen molar-refractivity contribution in [1.82, 2.24) is 10.3 Å². The number of nitrogens with one attached hydrogen (secondary N) is 1. The minimum atomic E-state index is -0.573. The molecule has 0 saturated carbocycles. The lowest BCUT2D eigenvalue weighted by Gasteiger charge is -2.07. The van der Waals surface area contributed by atoms with Gasteiger partial charge in [0.05, 0.1) is 22.6 Å². The topological polar surface area (TPSA) is 94.4 Å². The molecule has 2 aromatic rings. The van der Waals surface area contributed by atoms with Crippen LogP contribution in [0.5, 0.6) is 5.88 Å². The van der Waals surface area contributed by atoms with Crippen LogP contribution in [0.15, 0.2) is 36.5 Å². The second-order valence-electron chi connectivity index (χ2n) is 4.31. The lowest BCUT2D eigenvalue weighted by Crippen LogP contribution is -2.23. The van der Waals surface area contributed by atoms with Crippen LogP contribution in [0.25, 0.3) is 0 Å². The molecule has 0 aliphatic rings. The molecule has 114 valence electrons. The maximum absolute atomic E-state index is 12.0. The van der Waals surface area contributed by atoms with E-state index in [9.17, 15) is 14.9 Å². The number of benzene rings is 1. The molecule has 7 nitrogen and oxygen atoms in total. The number of nitro benzene ring substituents is 1. The monoisotopic (exact) mass is 321 g/mol. The number of nitrogens with zero attached hydrogens (tertiary/aromatic N) is 2. The number of methoxy groups -OCH3 is 1. The second kappa shape index (κ2) is 6.86. The number of pyridine rings is 1. The highest BCUT2D eigenvalue weighted by atomic mass is 35.5. The average Bonchev–Trinajstić information content (AvgIpc) is 2.52. The van der Waals surface area contributed by atoms with E-state index in [4.69, 9.17) is 16.3 Å². The summed E-state index contributed by atoms with van der Waals surface area (Å²) < 4.78 is 4.94. The number of rotatable bonds is 5. The number of ether oxygens (including phenoxy) is 1. The number of carbonyl (C=O) groups is 1. The lowest BCUT2D eigenvalue weighted by molar-refractivity contribution is -0.384. The van der Waals surface area contributed by atoms with Crippen molar-refractivity contribution in [3.8, 4) is 5.88 Å². The fraction of sp³-hybridized carbons (Fsp3) is 0.143. The molecule has 0 aliphatic heterocycles. The first-order valence-electron chi connectivity index (χ1n) is 6.22. The summed E-state index contributed by atoms with van der Waals surface area (Å²) in [6.07, 6.45) is 1.58. The van der Waals surface area contributed by atoms with Crippen LogP contribution in [0.1, 0.15) is 15.9 Å². The van der Waals surface area contributed by atoms with Gasteiger partial charge in [0.15, 0.2) is 0 Å². The summed E-state index contributed by atoms with van der Waals surface area (Å²) in [5, 5.41) is 13.3. The Morgan fingerprint density at radius 1 is 1.41 bits per heavy atom. The average molecular weight is 322 g/mol. The smallest absolute Gasteiger partial charge is 0.270 e. The molecule has 0 spiro atoms. The van der Waals surface area contributed by atoms with Gasteiger partial charge >= 0.3 is 0 Å². The van der Waals surface area contributed by atoms with Gasteiger partial charge in [-0.1, -0.05) is 17.7 Å². The molecule has 1 aromatic heterocycles. The molecular formula is C14H12ClN3O4. The van der Waals surface area contributed by atoms with E-state index in [-0.39, 0.29) is 22.8 Å². The first kappa shape index (κ1) is 15.7. The number of hydrogen-bond acceptors (Lipinski definition) is 5. The zero-order valence-corrected chi connectivity index (χ0v) is 12.3. The Morgan fingerprint density at radius 2 is 2.18 bits per heavy atom. The molecule has 0 atom stereocenters. The lowest BCUT2D eigenvalue weighted by atomic mass is 10.2. The van der Waals surface area contributed by atoms with Crippen molar-refractivity contribution >= 4 is 23.2 Å². The van der Waals surface area contributed by atoms with E-state index in [0.717, 1.165) is 11.6 Å². The fourth-order valence-electron chi connectivity index (χ4n) is 1.72. The van der Waals surface area contributed by atoms with Crippen molar-refractivity contribution in [2.75, 3.05) is 7.11 Å². The van der Waals surface area contributed by atoms with Crippen molar-refractivity contribution < 1.29 is 14.5 Å². The number of hydrogen-bond donors (Lipinski definition) is 1. The van der Waals surface area contributed by atoms with Gasteiger partial charge in [0.2, 0.25) is 5.88 Å². The normalized spacial score (nSPS) is 10.1. The van der Waals surface area contributed by atoms with Gasteiger partial charge in [-0.05, 0) is 11.6 Å². The van der Waals surface area contributed by atoms with Crippen LogP contribution in [-0.2, 0) is 6.54 Å². The van der Waals surface area contributed by atoms with E-state index in [1.54, 1.807) is 18.3 Å². The van der Waals surface area contributed by atoms with Gasteiger partial charge in [-0.2, -0.15) is 0 Å². The minimum absolute atomic E-state index is 0.0274. The highest BCUT2D eigenvalue weighted by molar-refractivity contribution is 6.34. The molecule has 0 bridgehead atoms. The Labute approximate surface area is 131 Å². The molecular weight excluding hydrogens is 310 g/mol. The molecule has 8 heteroatoms. The molecule has 0 aliphatic carbocycles. The van der Waals surface area contributed by atoms with E-state index < -0.39 is 10.8 Å². The van der Waals surface area contributed by atoms with E-state index in [1.165, 1.54) is 19.2 Å². The van der Waals surface area contributed by atoms with Crippen molar-refractivity contribution in [2.45, 2.75) is 6.54 Å². The molecule has 0 fully saturated rings. The van der Waals surface area contributed by atoms with Gasteiger partial charge in [0.25, 0.3) is 11.6 Å². The van der Waals surface area contributed by atoms with Crippen LogP contribution in [0.4, 0.5) is 5.69 Å². The van der Waals surface area contributed by atoms with Gasteiger partial charge < -0.3 is 10.1 Å². The van der Waals surface area contributed by atoms with Crippen molar-refractivity contribution in [3.05, 3.63) is 62.8 Å². The van der Waals surface area contributed by atoms with E-state index in [0.29, 0.717) is 5.88 Å². The number of non-ortho nitro benzene ring substituents is 1. The molecule has 2 rings (SSSR count). The predicted octanol–water partition coefficient (Wildman–Crippen LogP) is 2.58. The maximum atomic E-state index is 12.0. The Balaban J connectivity index is 2.04. The Hall–Kier alpha value is -2.67. The molecule has 0 unspecified atom stereocenters. The molecule has 22 heavy (non-hydrogen) atoms. The summed E-state index contributed by atoms with van der Waals surface area (Å²) in [7, 11) is 1.51. The third kappa shape index (κ3) is 3.70. The molecule has 0 saturated heterocycles. The van der Waals surface area contributed by atoms with Crippen LogP contribution < -0.4 is 10.1 Å². The molecule has 1 amide bonds. The summed E-state index contributed by atoms with van der Waals surface area (Å²) in [5.74, 6) is 0.0594. The second-order valence-corrected chi connectivity index (χ2v) is 4.72. The zero-order valence-electron chi connectivity index (χ0n) is 11.6. The van der Waals surface area contributed by atoms with Crippen molar-refractivity contribution in [3.63, 3.8) is 0 Å². The number of carbonyl (C=O) groups excluding carboxylic acids is 1. The summed E-state index contributed by atoms with van der Waals surface area (Å²) in [4.78, 5) is 26.1. The van der Waals surface area contributed by atoms with Crippen LogP contribution in [-0.4, -0.2) is 22.9 Å². The van der Waals surface area contributed by atoms with Gasteiger partial charge in [0.1, 0.15) is 0 Å². The number of nitro groups is 1. The number of halogens is 1. The largest absolute Gasteiger partial charge is 0.481 e. The van der Waals surface area contributed by atoms with Gasteiger partial charge in [0, 0.05) is 30.9 Å². The SMILES string of the molecule is COc1ccc(CNC(=O)c2ccc([N+](=O)[O-])cc2Cl)cn1. The van der Waals surface area contributed by atoms with Gasteiger partial charge in [-0.3, -0.25) is 14.9 Å². The standard InChI is InChI=1S/C14H12ClN3O4/c1-22-13-5-2-9(7-16-13)8-17-14(19)11-4-3-10(18(20)21)6-12(11)15/h2-7H,8H2,1H3,(H,17,19). The van der Waals surface area contributed by atoms with Crippen LogP contribution in [0.2, 0.25) is 5.02 Å². The molecule has 0 radical (unpaired) electrons. The summed E-state index contributed by atoms with van der Waals surface area (Å²) in [6, 6.07) is 7.15. The van der Waals surface area contributed by atoms with Crippen LogP contribution >= 0.6 is 11.6 Å². The quantitative estimate of drug-likeness (QED) is 0.674. The molecule has 1 N–H and O–H groups in total. The first-order valence-corrected chi connectivity index (χ1v) is 6.60. The summed E-state index contributed by atoms with van der Waals surface area (Å²) >= 11 is 5.90. The number of amides is 1. The molecule has 1 aromatic carbocycles. The van der Waals surface area contributed by atoms with E-state index >= 15 is 0 Å². The van der Waals surface area contributed by atoms with Crippen molar-refractivity contribution in [1.29, 1.82) is 0 Å². The fourth-order valence-corrected chi connectivity index (χ4v) is 1.98. The highest BCUT2D eigenvalue weighted by Crippen LogP contribution is 2.22. The predicted molar refractivity (Wildman–Crippen MR) is 80.1 cm³/mol. The van der Waals surface area contributed by atoms with Gasteiger partial charge in [-0.25, -0.2) is 4.98 Å². The van der Waals surface area contributed by atoms with E-state index in [1.807, 2.05) is 0 Å². The summed E-state index contributed by atoms with van der Waals surface area (Å²) in [5.41, 5.74) is 0.793. The maximum Gasteiger partial charge on any atom is 0.270 e. The zero-order chi connectivity index (χ0) is 16.1. The minimum Gasteiger partial charge on any atom is -0.481 e. The van der Waals surface area contributed by atoms with Crippen LogP contribution in [0.3, 0.4) is 0 Å². The third-order valence-electron chi connectivity index (χ3n) is 2.87. The first-order chi connectivity index (χ1) is 10.5. The highest BCUT2D eigenvalue weighted by Gasteiger charge is 2.14. The molecule has 1 heterocycles. The third-order valence-corrected chi connectivity index (χ3v) is 3.18. The number of aromatic nitrogens is 1. The van der Waals surface area contributed by atoms with Crippen molar-refractivity contribution in [2.24, 2.45) is 0 Å². The Bertz CT molecular complexity index is 704. The van der Waals surface area contributed by atoms with Crippen LogP contribution in [0, 0.1) is 10.1 Å². The summed E-state index contributed by atoms with van der Waals surface area (Å²) in [6.45, 7) is 0.253. The van der Waals surface area contributed by atoms with Gasteiger partial charge in [-0.15, -0.1) is 0 Å². The Kier molecular flexibility index (Phi) is 4.90. The van der Waals surface area contributed by atoms with E-state index in [2.05, 4.69) is 10.3 Å².